The predicted molar refractivity (Wildman–Crippen MR) is 365 cm³/mol. The van der Waals surface area contributed by atoms with E-state index in [1.807, 2.05) is 0 Å². The van der Waals surface area contributed by atoms with Gasteiger partial charge >= 0.3 is 0 Å². The van der Waals surface area contributed by atoms with Crippen LogP contribution in [0.4, 0.5) is 34.1 Å². The standard InChI is InChI=1S/C82H74N2O2/c1-7-54-21-13-15-29-60(54)58-27-17-28-59(47-58)62-31-19-35-74(80(62)85)83(72-43-37-50(3)45-52(72)5)76-48-70(56-23-9-10-24-56)63-40-42-69-77(49-71(57-25-11-12-26-57)64-39-41-68(76)78(63)79(64)69)84(73-44-38-51(4)46-53(73)6)75-36-20-34-67-66-33-18-32-65(81(66)86-82(67)75)61-30-16-14-22-55(61)8-2/h13-22,27-49,56-57,85H,7-12,23-26H2,1-6H3. The summed E-state index contributed by atoms with van der Waals surface area (Å²) in [6.07, 6.45) is 11.4. The van der Waals surface area contributed by atoms with Gasteiger partial charge in [-0.05, 0) is 198 Å². The van der Waals surface area contributed by atoms with Gasteiger partial charge in [0.05, 0.1) is 22.7 Å². The Kier molecular flexibility index (Phi) is 13.6. The number of nitrogens with zero attached hydrogens (tertiary/aromatic N) is 2. The molecule has 0 amide bonds. The number of aromatic hydroxyl groups is 1. The normalized spacial score (nSPS) is 14.1. The van der Waals surface area contributed by atoms with Gasteiger partial charge in [0.1, 0.15) is 11.3 Å². The fourth-order valence-electron chi connectivity index (χ4n) is 15.6. The van der Waals surface area contributed by atoms with Crippen LogP contribution in [0.15, 0.2) is 205 Å². The minimum atomic E-state index is 0.262. The summed E-state index contributed by atoms with van der Waals surface area (Å²) in [4.78, 5) is 4.97. The first-order valence-corrected chi connectivity index (χ1v) is 31.7. The van der Waals surface area contributed by atoms with E-state index >= 15 is 0 Å². The van der Waals surface area contributed by atoms with Crippen molar-refractivity contribution in [2.75, 3.05) is 9.80 Å². The SMILES string of the molecule is CCc1ccccc1-c1cccc(-c2cccc(N(c3ccc(C)cc3C)c3cc(C4CCCC4)c4ccc5c(N(c6ccc(C)cc6C)c6cccc7c6oc6c(-c8ccccc8CC)cccc67)cc(C6CCCC6)c6ccc3c4c65)c2O)c1. The molecular weight excluding hydrogens is 1040 g/mol. The Hall–Kier alpha value is -9.12. The fraction of sp³-hybridized carbons (Fsp3) is 0.220. The van der Waals surface area contributed by atoms with Crippen LogP contribution in [-0.4, -0.2) is 5.11 Å². The first-order valence-electron chi connectivity index (χ1n) is 31.7. The molecule has 2 aliphatic rings. The molecular formula is C82H74N2O2. The molecule has 1 N–H and O–H groups in total. The third-order valence-corrected chi connectivity index (χ3v) is 19.7. The summed E-state index contributed by atoms with van der Waals surface area (Å²) in [6.45, 7) is 13.3. The van der Waals surface area contributed by atoms with Crippen molar-refractivity contribution in [2.45, 2.75) is 118 Å². The summed E-state index contributed by atoms with van der Waals surface area (Å²) in [7, 11) is 0. The molecule has 12 aromatic carbocycles. The number of para-hydroxylation sites is 3. The van der Waals surface area contributed by atoms with Gasteiger partial charge in [-0.1, -0.05) is 208 Å². The van der Waals surface area contributed by atoms with E-state index in [9.17, 15) is 5.11 Å². The second-order valence-electron chi connectivity index (χ2n) is 25.0. The Balaban J connectivity index is 1.02. The highest BCUT2D eigenvalue weighted by atomic mass is 16.3. The molecule has 13 aromatic rings. The maximum absolute atomic E-state index is 13.2. The van der Waals surface area contributed by atoms with Crippen molar-refractivity contribution in [3.8, 4) is 39.1 Å². The molecule has 1 heterocycles. The van der Waals surface area contributed by atoms with Gasteiger partial charge in [-0.2, -0.15) is 0 Å². The summed E-state index contributed by atoms with van der Waals surface area (Å²) < 4.78 is 7.44. The quantitative estimate of drug-likeness (QED) is 0.117. The maximum atomic E-state index is 13.2. The molecule has 424 valence electrons. The highest BCUT2D eigenvalue weighted by Gasteiger charge is 2.32. The number of fused-ring (bicyclic) bond motifs is 3. The molecule has 4 nitrogen and oxygen atoms in total. The van der Waals surface area contributed by atoms with Gasteiger partial charge in [0.2, 0.25) is 0 Å². The number of hydrogen-bond acceptors (Lipinski definition) is 4. The van der Waals surface area contributed by atoms with Gasteiger partial charge in [-0.25, -0.2) is 0 Å². The summed E-state index contributed by atoms with van der Waals surface area (Å²) in [5, 5.41) is 23.2. The van der Waals surface area contributed by atoms with E-state index in [0.29, 0.717) is 11.8 Å². The molecule has 0 aliphatic heterocycles. The van der Waals surface area contributed by atoms with E-state index in [1.165, 1.54) is 114 Å². The number of rotatable bonds is 13. The molecule has 15 rings (SSSR count). The summed E-state index contributed by atoms with van der Waals surface area (Å²) >= 11 is 0. The highest BCUT2D eigenvalue weighted by Crippen LogP contribution is 2.56. The molecule has 2 saturated carbocycles. The molecule has 0 spiro atoms. The topological polar surface area (TPSA) is 39.9 Å². The number of phenolic OH excluding ortho intramolecular Hbond substituents is 1. The number of benzene rings is 12. The van der Waals surface area contributed by atoms with Gasteiger partial charge in [0.25, 0.3) is 0 Å². The van der Waals surface area contributed by atoms with Gasteiger partial charge in [-0.3, -0.25) is 0 Å². The fourth-order valence-corrected chi connectivity index (χ4v) is 15.6. The Bertz CT molecular complexity index is 4780. The number of anilines is 6. The van der Waals surface area contributed by atoms with Crippen molar-refractivity contribution in [1.29, 1.82) is 0 Å². The molecule has 0 atom stereocenters. The van der Waals surface area contributed by atoms with Crippen molar-refractivity contribution in [1.82, 2.24) is 0 Å². The highest BCUT2D eigenvalue weighted by molar-refractivity contribution is 6.30. The van der Waals surface area contributed by atoms with Crippen LogP contribution in [0.3, 0.4) is 0 Å². The average molecular weight is 1120 g/mol. The Labute approximate surface area is 506 Å². The van der Waals surface area contributed by atoms with Gasteiger partial charge < -0.3 is 19.3 Å². The van der Waals surface area contributed by atoms with E-state index in [1.54, 1.807) is 0 Å². The average Bonchev–Trinajstić information content (AvgIpc) is 1.85. The molecule has 4 heteroatoms. The zero-order valence-corrected chi connectivity index (χ0v) is 50.5. The molecule has 0 saturated heterocycles. The largest absolute Gasteiger partial charge is 0.505 e. The van der Waals surface area contributed by atoms with E-state index in [-0.39, 0.29) is 5.75 Å². The van der Waals surface area contributed by atoms with Gasteiger partial charge in [-0.15, -0.1) is 0 Å². The third-order valence-electron chi connectivity index (χ3n) is 19.7. The van der Waals surface area contributed by atoms with Crippen molar-refractivity contribution in [3.63, 3.8) is 0 Å². The zero-order valence-electron chi connectivity index (χ0n) is 50.5. The van der Waals surface area contributed by atoms with Crippen LogP contribution in [0.25, 0.3) is 87.6 Å². The van der Waals surface area contributed by atoms with Crippen molar-refractivity contribution < 1.29 is 9.52 Å². The number of hydrogen-bond donors (Lipinski definition) is 1. The third kappa shape index (κ3) is 8.85. The number of aryl methyl sites for hydroxylation is 6. The van der Waals surface area contributed by atoms with Crippen LogP contribution in [-0.2, 0) is 12.8 Å². The lowest BCUT2D eigenvalue weighted by Gasteiger charge is -2.33. The van der Waals surface area contributed by atoms with Crippen molar-refractivity contribution >= 4 is 88.4 Å². The molecule has 0 bridgehead atoms. The second-order valence-corrected chi connectivity index (χ2v) is 25.0. The molecule has 0 radical (unpaired) electrons. The van der Waals surface area contributed by atoms with E-state index in [0.717, 1.165) is 117 Å². The Morgan fingerprint density at radius 3 is 1.41 bits per heavy atom. The second kappa shape index (κ2) is 21.7. The van der Waals surface area contributed by atoms with Crippen LogP contribution >= 0.6 is 0 Å². The van der Waals surface area contributed by atoms with Crippen LogP contribution < -0.4 is 9.80 Å². The smallest absolute Gasteiger partial charge is 0.159 e. The van der Waals surface area contributed by atoms with Crippen LogP contribution in [0.5, 0.6) is 5.75 Å². The molecule has 1 aromatic heterocycles. The zero-order chi connectivity index (χ0) is 58.3. The minimum Gasteiger partial charge on any atom is -0.505 e. The monoisotopic (exact) mass is 1120 g/mol. The first kappa shape index (κ1) is 53.6. The van der Waals surface area contributed by atoms with Gasteiger partial charge in [0.15, 0.2) is 5.58 Å². The lowest BCUT2D eigenvalue weighted by atomic mass is 9.82. The summed E-state index contributed by atoms with van der Waals surface area (Å²) in [6, 6.07) is 74.7. The van der Waals surface area contributed by atoms with Gasteiger partial charge in [0, 0.05) is 44.0 Å². The number of furan rings is 1. The van der Waals surface area contributed by atoms with E-state index in [2.05, 4.69) is 252 Å². The van der Waals surface area contributed by atoms with Crippen LogP contribution in [0.1, 0.15) is 122 Å². The molecule has 2 aliphatic carbocycles. The molecule has 2 fully saturated rings. The minimum absolute atomic E-state index is 0.262. The summed E-state index contributed by atoms with van der Waals surface area (Å²) in [5.41, 5.74) is 24.8. The van der Waals surface area contributed by atoms with E-state index < -0.39 is 0 Å². The Morgan fingerprint density at radius 2 is 0.826 bits per heavy atom. The van der Waals surface area contributed by atoms with Crippen LogP contribution in [0, 0.1) is 27.7 Å². The van der Waals surface area contributed by atoms with Crippen molar-refractivity contribution in [3.05, 3.63) is 245 Å². The van der Waals surface area contributed by atoms with Crippen LogP contribution in [0.2, 0.25) is 0 Å². The first-order chi connectivity index (χ1) is 42.1. The summed E-state index contributed by atoms with van der Waals surface area (Å²) in [5.74, 6) is 1.07. The predicted octanol–water partition coefficient (Wildman–Crippen LogP) is 23.8. The van der Waals surface area contributed by atoms with E-state index in [4.69, 9.17) is 4.42 Å². The maximum Gasteiger partial charge on any atom is 0.159 e. The lowest BCUT2D eigenvalue weighted by molar-refractivity contribution is 0.478. The van der Waals surface area contributed by atoms with Crippen molar-refractivity contribution in [2.24, 2.45) is 0 Å². The lowest BCUT2D eigenvalue weighted by Crippen LogP contribution is -2.15. The molecule has 86 heavy (non-hydrogen) atoms. The number of phenols is 1. The Morgan fingerprint density at radius 1 is 0.372 bits per heavy atom. The molecule has 0 unspecified atom stereocenters.